The molecule has 3 aromatic rings. The van der Waals surface area contributed by atoms with Gasteiger partial charge in [0, 0.05) is 17.5 Å². The second-order valence-electron chi connectivity index (χ2n) is 5.22. The van der Waals surface area contributed by atoms with Gasteiger partial charge in [-0.15, -0.1) is 10.2 Å². The predicted molar refractivity (Wildman–Crippen MR) is 85.4 cm³/mol. The molecule has 2 heterocycles. The Balaban J connectivity index is 2.25. The molecular formula is C17H18N4O. The minimum Gasteiger partial charge on any atom is -0.495 e. The second kappa shape index (κ2) is 5.60. The Morgan fingerprint density at radius 1 is 1.00 bits per heavy atom. The summed E-state index contributed by atoms with van der Waals surface area (Å²) in [6, 6.07) is 9.95. The van der Waals surface area contributed by atoms with Crippen molar-refractivity contribution in [2.75, 3.05) is 7.11 Å². The standard InChI is InChI=1S/C17H18N4O/c1-11-6-5-7-15(22-4)16(11)21-13(3)19-20-17(21)14-9-8-12(2)18-10-14/h5-10H,1-4H3. The zero-order valence-electron chi connectivity index (χ0n) is 13.2. The van der Waals surface area contributed by atoms with Crippen molar-refractivity contribution in [3.05, 3.63) is 53.6 Å². The first kappa shape index (κ1) is 14.3. The first-order valence-electron chi connectivity index (χ1n) is 7.11. The van der Waals surface area contributed by atoms with Crippen molar-refractivity contribution in [2.24, 2.45) is 0 Å². The topological polar surface area (TPSA) is 52.8 Å². The fraction of sp³-hybridized carbons (Fsp3) is 0.235. The molecule has 3 rings (SSSR count). The molecule has 0 aliphatic heterocycles. The highest BCUT2D eigenvalue weighted by Crippen LogP contribution is 2.31. The minimum atomic E-state index is 0.762. The van der Waals surface area contributed by atoms with Gasteiger partial charge in [-0.2, -0.15) is 0 Å². The largest absolute Gasteiger partial charge is 0.495 e. The molecule has 0 aliphatic rings. The van der Waals surface area contributed by atoms with Gasteiger partial charge in [-0.25, -0.2) is 0 Å². The van der Waals surface area contributed by atoms with Crippen LogP contribution in [0.5, 0.6) is 5.75 Å². The highest BCUT2D eigenvalue weighted by Gasteiger charge is 2.18. The van der Waals surface area contributed by atoms with E-state index in [9.17, 15) is 0 Å². The quantitative estimate of drug-likeness (QED) is 0.744. The van der Waals surface area contributed by atoms with E-state index in [0.717, 1.165) is 39.9 Å². The lowest BCUT2D eigenvalue weighted by Crippen LogP contribution is -2.05. The lowest BCUT2D eigenvalue weighted by molar-refractivity contribution is 0.412. The fourth-order valence-electron chi connectivity index (χ4n) is 2.50. The van der Waals surface area contributed by atoms with E-state index in [-0.39, 0.29) is 0 Å². The maximum Gasteiger partial charge on any atom is 0.170 e. The van der Waals surface area contributed by atoms with Gasteiger partial charge in [0.25, 0.3) is 0 Å². The first-order valence-corrected chi connectivity index (χ1v) is 7.11. The van der Waals surface area contributed by atoms with Crippen LogP contribution in [0.15, 0.2) is 36.5 Å². The van der Waals surface area contributed by atoms with Gasteiger partial charge >= 0.3 is 0 Å². The predicted octanol–water partition coefficient (Wildman–Crippen LogP) is 3.26. The van der Waals surface area contributed by atoms with E-state index < -0.39 is 0 Å². The molecule has 0 atom stereocenters. The van der Waals surface area contributed by atoms with Crippen LogP contribution in [0.25, 0.3) is 17.1 Å². The van der Waals surface area contributed by atoms with E-state index in [0.29, 0.717) is 0 Å². The maximum atomic E-state index is 5.52. The van der Waals surface area contributed by atoms with Crippen LogP contribution in [0.4, 0.5) is 0 Å². The highest BCUT2D eigenvalue weighted by atomic mass is 16.5. The summed E-state index contributed by atoms with van der Waals surface area (Å²) in [5, 5.41) is 8.56. The van der Waals surface area contributed by atoms with E-state index >= 15 is 0 Å². The number of aromatic nitrogens is 4. The fourth-order valence-corrected chi connectivity index (χ4v) is 2.50. The van der Waals surface area contributed by atoms with E-state index in [2.05, 4.69) is 28.2 Å². The number of hydrogen-bond donors (Lipinski definition) is 0. The van der Waals surface area contributed by atoms with E-state index in [1.807, 2.05) is 48.9 Å². The number of nitrogens with zero attached hydrogens (tertiary/aromatic N) is 4. The third-order valence-electron chi connectivity index (χ3n) is 3.64. The molecule has 0 unspecified atom stereocenters. The number of para-hydroxylation sites is 1. The summed E-state index contributed by atoms with van der Waals surface area (Å²) >= 11 is 0. The smallest absolute Gasteiger partial charge is 0.170 e. The van der Waals surface area contributed by atoms with Crippen LogP contribution < -0.4 is 4.74 Å². The molecular weight excluding hydrogens is 276 g/mol. The average molecular weight is 294 g/mol. The Morgan fingerprint density at radius 2 is 1.82 bits per heavy atom. The number of ether oxygens (including phenoxy) is 1. The number of benzene rings is 1. The molecule has 0 aliphatic carbocycles. The van der Waals surface area contributed by atoms with Gasteiger partial charge in [0.15, 0.2) is 5.82 Å². The summed E-state index contributed by atoms with van der Waals surface area (Å²) in [5.74, 6) is 2.37. The van der Waals surface area contributed by atoms with Crippen LogP contribution in [0.3, 0.4) is 0 Å². The lowest BCUT2D eigenvalue weighted by Gasteiger charge is -2.15. The minimum absolute atomic E-state index is 0.762. The van der Waals surface area contributed by atoms with Crippen LogP contribution in [-0.4, -0.2) is 26.9 Å². The molecule has 0 amide bonds. The van der Waals surface area contributed by atoms with Crippen molar-refractivity contribution in [3.8, 4) is 22.8 Å². The molecule has 5 heteroatoms. The van der Waals surface area contributed by atoms with Crippen molar-refractivity contribution in [3.63, 3.8) is 0 Å². The summed E-state index contributed by atoms with van der Waals surface area (Å²) in [7, 11) is 1.67. The normalized spacial score (nSPS) is 10.7. The second-order valence-corrected chi connectivity index (χ2v) is 5.22. The molecule has 0 N–H and O–H groups in total. The molecule has 0 bridgehead atoms. The van der Waals surface area contributed by atoms with Crippen molar-refractivity contribution >= 4 is 0 Å². The third kappa shape index (κ3) is 2.35. The van der Waals surface area contributed by atoms with Crippen molar-refractivity contribution in [2.45, 2.75) is 20.8 Å². The Hall–Kier alpha value is -2.69. The van der Waals surface area contributed by atoms with Crippen LogP contribution in [-0.2, 0) is 0 Å². The van der Waals surface area contributed by atoms with Gasteiger partial charge in [-0.1, -0.05) is 12.1 Å². The van der Waals surface area contributed by atoms with Crippen LogP contribution >= 0.6 is 0 Å². The molecule has 2 aromatic heterocycles. The maximum absolute atomic E-state index is 5.52. The SMILES string of the molecule is COc1cccc(C)c1-n1c(C)nnc1-c1ccc(C)nc1. The Morgan fingerprint density at radius 3 is 2.50 bits per heavy atom. The van der Waals surface area contributed by atoms with E-state index in [4.69, 9.17) is 4.74 Å². The molecule has 22 heavy (non-hydrogen) atoms. The molecule has 0 spiro atoms. The molecule has 0 saturated carbocycles. The summed E-state index contributed by atoms with van der Waals surface area (Å²) in [6.45, 7) is 5.95. The number of aryl methyl sites for hydroxylation is 3. The Labute approximate surface area is 129 Å². The van der Waals surface area contributed by atoms with Crippen LogP contribution in [0.1, 0.15) is 17.1 Å². The zero-order chi connectivity index (χ0) is 15.7. The van der Waals surface area contributed by atoms with Gasteiger partial charge in [-0.05, 0) is 44.5 Å². The van der Waals surface area contributed by atoms with Gasteiger partial charge in [0.2, 0.25) is 0 Å². The molecule has 0 saturated heterocycles. The summed E-state index contributed by atoms with van der Waals surface area (Å²) < 4.78 is 7.54. The van der Waals surface area contributed by atoms with Gasteiger partial charge in [-0.3, -0.25) is 9.55 Å². The average Bonchev–Trinajstić information content (AvgIpc) is 2.89. The lowest BCUT2D eigenvalue weighted by atomic mass is 10.1. The summed E-state index contributed by atoms with van der Waals surface area (Å²) in [4.78, 5) is 4.35. The zero-order valence-corrected chi connectivity index (χ0v) is 13.2. The number of pyridine rings is 1. The molecule has 0 fully saturated rings. The number of methoxy groups -OCH3 is 1. The Kier molecular flexibility index (Phi) is 3.63. The van der Waals surface area contributed by atoms with Crippen LogP contribution in [0.2, 0.25) is 0 Å². The van der Waals surface area contributed by atoms with E-state index in [1.165, 1.54) is 0 Å². The third-order valence-corrected chi connectivity index (χ3v) is 3.64. The first-order chi connectivity index (χ1) is 10.6. The van der Waals surface area contributed by atoms with Crippen molar-refractivity contribution < 1.29 is 4.74 Å². The van der Waals surface area contributed by atoms with Gasteiger partial charge < -0.3 is 4.74 Å². The highest BCUT2D eigenvalue weighted by molar-refractivity contribution is 5.62. The van der Waals surface area contributed by atoms with Crippen molar-refractivity contribution in [1.29, 1.82) is 0 Å². The monoisotopic (exact) mass is 294 g/mol. The Bertz CT molecular complexity index is 806. The molecule has 1 aromatic carbocycles. The van der Waals surface area contributed by atoms with E-state index in [1.54, 1.807) is 7.11 Å². The molecule has 112 valence electrons. The van der Waals surface area contributed by atoms with Gasteiger partial charge in [0.1, 0.15) is 11.6 Å². The molecule has 5 nitrogen and oxygen atoms in total. The van der Waals surface area contributed by atoms with Gasteiger partial charge in [0.05, 0.1) is 12.8 Å². The summed E-state index contributed by atoms with van der Waals surface area (Å²) in [6.07, 6.45) is 1.82. The number of hydrogen-bond acceptors (Lipinski definition) is 4. The number of rotatable bonds is 3. The van der Waals surface area contributed by atoms with Crippen LogP contribution in [0, 0.1) is 20.8 Å². The summed E-state index contributed by atoms with van der Waals surface area (Å²) in [5.41, 5.74) is 3.96. The molecule has 0 radical (unpaired) electrons. The van der Waals surface area contributed by atoms with Crippen molar-refractivity contribution in [1.82, 2.24) is 19.7 Å².